The Morgan fingerprint density at radius 3 is 2.62 bits per heavy atom. The Morgan fingerprint density at radius 2 is 1.96 bits per heavy atom. The second-order valence-corrected chi connectivity index (χ2v) is 6.47. The maximum atomic E-state index is 12.6. The number of piperidine rings is 1. The molecule has 1 N–H and O–H groups in total. The Labute approximate surface area is 141 Å². The molecule has 2 heterocycles. The summed E-state index contributed by atoms with van der Waals surface area (Å²) < 4.78 is 4.98. The molecule has 0 saturated carbocycles. The fraction of sp³-hybridized carbons (Fsp3) is 0.368. The number of carbonyl (C=O) groups excluding carboxylic acids is 2. The molecule has 1 saturated heterocycles. The van der Waals surface area contributed by atoms with Gasteiger partial charge in [-0.15, -0.1) is 0 Å². The molecule has 0 radical (unpaired) electrons. The standard InChI is InChI=1S/C19H22N2O3/c1-13-8-14(2)10-17(9-13)20-18(22)15-4-3-6-21(11-15)19(23)16-5-7-24-12-16/h5,7-10,12,15H,3-4,6,11H2,1-2H3,(H,20,22)/t15-/m0/s1. The van der Waals surface area contributed by atoms with Crippen molar-refractivity contribution < 1.29 is 14.0 Å². The number of aryl methyl sites for hydroxylation is 2. The molecule has 5 nitrogen and oxygen atoms in total. The first kappa shape index (κ1) is 16.3. The summed E-state index contributed by atoms with van der Waals surface area (Å²) in [7, 11) is 0. The molecule has 1 aromatic carbocycles. The van der Waals surface area contributed by atoms with Gasteiger partial charge in [0.05, 0.1) is 17.7 Å². The molecule has 2 aromatic rings. The van der Waals surface area contributed by atoms with Gasteiger partial charge in [0.15, 0.2) is 0 Å². The van der Waals surface area contributed by atoms with Gasteiger partial charge < -0.3 is 14.6 Å². The van der Waals surface area contributed by atoms with Gasteiger partial charge in [0.1, 0.15) is 6.26 Å². The van der Waals surface area contributed by atoms with Crippen molar-refractivity contribution in [1.82, 2.24) is 4.90 Å². The monoisotopic (exact) mass is 326 g/mol. The lowest BCUT2D eigenvalue weighted by atomic mass is 9.96. The molecular weight excluding hydrogens is 304 g/mol. The molecule has 5 heteroatoms. The van der Waals surface area contributed by atoms with Crippen LogP contribution in [0.15, 0.2) is 41.2 Å². The van der Waals surface area contributed by atoms with Gasteiger partial charge in [0, 0.05) is 18.8 Å². The lowest BCUT2D eigenvalue weighted by molar-refractivity contribution is -0.121. The van der Waals surface area contributed by atoms with Crippen LogP contribution in [-0.2, 0) is 4.79 Å². The van der Waals surface area contributed by atoms with Crippen LogP contribution in [0.1, 0.15) is 34.3 Å². The van der Waals surface area contributed by atoms with Crippen molar-refractivity contribution >= 4 is 17.5 Å². The minimum Gasteiger partial charge on any atom is -0.472 e. The van der Waals surface area contributed by atoms with Gasteiger partial charge >= 0.3 is 0 Å². The van der Waals surface area contributed by atoms with E-state index in [1.165, 1.54) is 12.5 Å². The van der Waals surface area contributed by atoms with Crippen LogP contribution < -0.4 is 5.32 Å². The fourth-order valence-corrected chi connectivity index (χ4v) is 3.24. The number of likely N-dealkylation sites (tertiary alicyclic amines) is 1. The number of carbonyl (C=O) groups is 2. The Kier molecular flexibility index (Phi) is 4.69. The molecule has 0 unspecified atom stereocenters. The second-order valence-electron chi connectivity index (χ2n) is 6.47. The summed E-state index contributed by atoms with van der Waals surface area (Å²) in [5.74, 6) is -0.284. The molecule has 1 atom stereocenters. The molecular formula is C19H22N2O3. The zero-order valence-electron chi connectivity index (χ0n) is 14.0. The van der Waals surface area contributed by atoms with Crippen molar-refractivity contribution in [1.29, 1.82) is 0 Å². The van der Waals surface area contributed by atoms with Gasteiger partial charge in [-0.2, -0.15) is 0 Å². The van der Waals surface area contributed by atoms with E-state index in [0.29, 0.717) is 18.7 Å². The molecule has 126 valence electrons. The first-order chi connectivity index (χ1) is 11.5. The molecule has 1 fully saturated rings. The van der Waals surface area contributed by atoms with Gasteiger partial charge in [0.25, 0.3) is 5.91 Å². The number of nitrogens with one attached hydrogen (secondary N) is 1. The first-order valence-electron chi connectivity index (χ1n) is 8.23. The Balaban J connectivity index is 1.65. The summed E-state index contributed by atoms with van der Waals surface area (Å²) in [4.78, 5) is 26.7. The summed E-state index contributed by atoms with van der Waals surface area (Å²) in [5.41, 5.74) is 3.58. The highest BCUT2D eigenvalue weighted by Gasteiger charge is 2.29. The summed E-state index contributed by atoms with van der Waals surface area (Å²) >= 11 is 0. The third-order valence-corrected chi connectivity index (χ3v) is 4.34. The second kappa shape index (κ2) is 6.91. The number of rotatable bonds is 3. The fourth-order valence-electron chi connectivity index (χ4n) is 3.24. The number of benzene rings is 1. The lowest BCUT2D eigenvalue weighted by Crippen LogP contribution is -2.43. The summed E-state index contributed by atoms with van der Waals surface area (Å²) in [6.45, 7) is 5.14. The third kappa shape index (κ3) is 3.67. The Hall–Kier alpha value is -2.56. The minimum absolute atomic E-state index is 0.0234. The van der Waals surface area contributed by atoms with Crippen LogP contribution in [0.3, 0.4) is 0 Å². The van der Waals surface area contributed by atoms with Crippen LogP contribution in [0.25, 0.3) is 0 Å². The average molecular weight is 326 g/mol. The quantitative estimate of drug-likeness (QED) is 0.940. The number of furan rings is 1. The third-order valence-electron chi connectivity index (χ3n) is 4.34. The summed E-state index contributed by atoms with van der Waals surface area (Å²) in [5, 5.41) is 2.99. The van der Waals surface area contributed by atoms with Crippen LogP contribution in [0.4, 0.5) is 5.69 Å². The summed E-state index contributed by atoms with van der Waals surface area (Å²) in [6, 6.07) is 7.65. The number of anilines is 1. The van der Waals surface area contributed by atoms with Crippen LogP contribution in [0.5, 0.6) is 0 Å². The molecule has 1 aliphatic rings. The number of hydrogen-bond donors (Lipinski definition) is 1. The highest BCUT2D eigenvalue weighted by molar-refractivity contribution is 5.96. The lowest BCUT2D eigenvalue weighted by Gasteiger charge is -2.31. The number of amides is 2. The SMILES string of the molecule is Cc1cc(C)cc(NC(=O)[C@H]2CCCN(C(=O)c3ccoc3)C2)c1. The van der Waals surface area contributed by atoms with E-state index in [9.17, 15) is 9.59 Å². The first-order valence-corrected chi connectivity index (χ1v) is 8.23. The molecule has 0 bridgehead atoms. The summed E-state index contributed by atoms with van der Waals surface area (Å²) in [6.07, 6.45) is 4.56. The van der Waals surface area contributed by atoms with Crippen molar-refractivity contribution in [2.45, 2.75) is 26.7 Å². The smallest absolute Gasteiger partial charge is 0.257 e. The largest absolute Gasteiger partial charge is 0.472 e. The predicted molar refractivity (Wildman–Crippen MR) is 91.9 cm³/mol. The van der Waals surface area contributed by atoms with Gasteiger partial charge in [-0.1, -0.05) is 6.07 Å². The van der Waals surface area contributed by atoms with Crippen LogP contribution in [0.2, 0.25) is 0 Å². The molecule has 1 aliphatic heterocycles. The highest BCUT2D eigenvalue weighted by atomic mass is 16.3. The van der Waals surface area contributed by atoms with Gasteiger partial charge in [-0.05, 0) is 56.0 Å². The van der Waals surface area contributed by atoms with E-state index < -0.39 is 0 Å². The van der Waals surface area contributed by atoms with E-state index in [2.05, 4.69) is 11.4 Å². The highest BCUT2D eigenvalue weighted by Crippen LogP contribution is 2.21. The van der Waals surface area contributed by atoms with E-state index in [1.54, 1.807) is 11.0 Å². The Morgan fingerprint density at radius 1 is 1.21 bits per heavy atom. The van der Waals surface area contributed by atoms with Crippen LogP contribution >= 0.6 is 0 Å². The molecule has 1 aromatic heterocycles. The van der Waals surface area contributed by atoms with Crippen molar-refractivity contribution in [2.75, 3.05) is 18.4 Å². The molecule has 0 aliphatic carbocycles. The normalized spacial score (nSPS) is 17.6. The minimum atomic E-state index is -0.185. The number of nitrogens with zero attached hydrogens (tertiary/aromatic N) is 1. The van der Waals surface area contributed by atoms with Crippen molar-refractivity contribution in [3.63, 3.8) is 0 Å². The van der Waals surface area contributed by atoms with Gasteiger partial charge in [0.2, 0.25) is 5.91 Å². The van der Waals surface area contributed by atoms with E-state index in [4.69, 9.17) is 4.42 Å². The van der Waals surface area contributed by atoms with Gasteiger partial charge in [-0.25, -0.2) is 0 Å². The van der Waals surface area contributed by atoms with E-state index >= 15 is 0 Å². The van der Waals surface area contributed by atoms with Crippen molar-refractivity contribution in [3.8, 4) is 0 Å². The number of hydrogen-bond acceptors (Lipinski definition) is 3. The van der Waals surface area contributed by atoms with E-state index in [-0.39, 0.29) is 17.7 Å². The topological polar surface area (TPSA) is 62.6 Å². The molecule has 3 rings (SSSR count). The maximum Gasteiger partial charge on any atom is 0.257 e. The molecule has 2 amide bonds. The van der Waals surface area contributed by atoms with Gasteiger partial charge in [-0.3, -0.25) is 9.59 Å². The van der Waals surface area contributed by atoms with E-state index in [1.807, 2.05) is 26.0 Å². The predicted octanol–water partition coefficient (Wildman–Crippen LogP) is 3.39. The molecule has 0 spiro atoms. The van der Waals surface area contributed by atoms with Crippen molar-refractivity contribution in [2.24, 2.45) is 5.92 Å². The van der Waals surface area contributed by atoms with Crippen LogP contribution in [-0.4, -0.2) is 29.8 Å². The van der Waals surface area contributed by atoms with E-state index in [0.717, 1.165) is 29.7 Å². The molecule has 24 heavy (non-hydrogen) atoms. The average Bonchev–Trinajstić information content (AvgIpc) is 3.07. The zero-order chi connectivity index (χ0) is 17.1. The van der Waals surface area contributed by atoms with Crippen LogP contribution in [0, 0.1) is 19.8 Å². The Bertz CT molecular complexity index is 717. The maximum absolute atomic E-state index is 12.6. The van der Waals surface area contributed by atoms with Crippen molar-refractivity contribution in [3.05, 3.63) is 53.5 Å². The zero-order valence-corrected chi connectivity index (χ0v) is 14.0.